The Morgan fingerprint density at radius 3 is 2.96 bits per heavy atom. The van der Waals surface area contributed by atoms with Gasteiger partial charge in [-0.3, -0.25) is 0 Å². The number of rotatable bonds is 6. The number of anilines is 1. The minimum Gasteiger partial charge on any atom is -0.354 e. The van der Waals surface area contributed by atoms with Gasteiger partial charge < -0.3 is 9.88 Å². The van der Waals surface area contributed by atoms with Gasteiger partial charge in [0.25, 0.3) is 0 Å². The van der Waals surface area contributed by atoms with Gasteiger partial charge in [-0.15, -0.1) is 22.7 Å². The molecule has 116 valence electrons. The number of hydrogen-bond acceptors (Lipinski definition) is 6. The predicted molar refractivity (Wildman–Crippen MR) is 96.1 cm³/mol. The zero-order valence-corrected chi connectivity index (χ0v) is 14.0. The minimum absolute atomic E-state index is 0.699. The molecule has 4 rings (SSSR count). The van der Waals surface area contributed by atoms with Crippen molar-refractivity contribution in [2.75, 3.05) is 11.9 Å². The van der Waals surface area contributed by atoms with Gasteiger partial charge in [-0.25, -0.2) is 15.0 Å². The highest BCUT2D eigenvalue weighted by Gasteiger charge is 2.11. The van der Waals surface area contributed by atoms with Crippen LogP contribution in [0.5, 0.6) is 0 Å². The third-order valence-electron chi connectivity index (χ3n) is 3.49. The summed E-state index contributed by atoms with van der Waals surface area (Å²) >= 11 is 3.40. The predicted octanol–water partition coefficient (Wildman–Crippen LogP) is 4.12. The van der Waals surface area contributed by atoms with Crippen LogP contribution in [-0.4, -0.2) is 26.1 Å². The van der Waals surface area contributed by atoms with E-state index in [0.717, 1.165) is 35.4 Å². The fourth-order valence-corrected chi connectivity index (χ4v) is 4.02. The summed E-state index contributed by atoms with van der Waals surface area (Å²) in [5.41, 5.74) is 2.03. The average molecular weight is 341 g/mol. The molecule has 4 aromatic rings. The summed E-state index contributed by atoms with van der Waals surface area (Å²) in [6, 6.07) is 6.21. The van der Waals surface area contributed by atoms with Crippen LogP contribution in [0.15, 0.2) is 47.7 Å². The molecule has 0 saturated carbocycles. The molecule has 0 amide bonds. The van der Waals surface area contributed by atoms with Gasteiger partial charge in [-0.05, 0) is 29.3 Å². The second-order valence-corrected chi connectivity index (χ2v) is 6.95. The Kier molecular flexibility index (Phi) is 4.04. The fraction of sp³-hybridized carbons (Fsp3) is 0.188. The molecule has 0 aliphatic heterocycles. The Morgan fingerprint density at radius 1 is 1.13 bits per heavy atom. The first kappa shape index (κ1) is 14.3. The Hall–Kier alpha value is -2.25. The lowest BCUT2D eigenvalue weighted by Gasteiger charge is -2.07. The normalized spacial score (nSPS) is 11.1. The molecule has 0 bridgehead atoms. The summed E-state index contributed by atoms with van der Waals surface area (Å²) in [5.74, 6) is 0.699. The lowest BCUT2D eigenvalue weighted by atomic mass is 10.3. The molecule has 0 unspecified atom stereocenters. The highest BCUT2D eigenvalue weighted by Crippen LogP contribution is 2.33. The maximum absolute atomic E-state index is 4.73. The van der Waals surface area contributed by atoms with Crippen LogP contribution >= 0.6 is 22.7 Å². The molecule has 1 N–H and O–H groups in total. The van der Waals surface area contributed by atoms with Gasteiger partial charge >= 0.3 is 0 Å². The van der Waals surface area contributed by atoms with Crippen LogP contribution in [0.1, 0.15) is 6.42 Å². The van der Waals surface area contributed by atoms with Crippen molar-refractivity contribution in [3.05, 3.63) is 47.7 Å². The smallest absolute Gasteiger partial charge is 0.223 e. The van der Waals surface area contributed by atoms with Crippen LogP contribution in [0.2, 0.25) is 0 Å². The molecule has 0 spiro atoms. The lowest BCUT2D eigenvalue weighted by Crippen LogP contribution is -2.08. The minimum atomic E-state index is 0.699. The van der Waals surface area contributed by atoms with E-state index < -0.39 is 0 Å². The molecular weight excluding hydrogens is 326 g/mol. The Morgan fingerprint density at radius 2 is 2.13 bits per heavy atom. The summed E-state index contributed by atoms with van der Waals surface area (Å²) in [6.07, 6.45) is 6.61. The van der Waals surface area contributed by atoms with E-state index in [1.807, 2.05) is 12.5 Å². The zero-order valence-electron chi connectivity index (χ0n) is 12.3. The maximum Gasteiger partial charge on any atom is 0.223 e. The highest BCUT2D eigenvalue weighted by atomic mass is 32.1. The summed E-state index contributed by atoms with van der Waals surface area (Å²) in [4.78, 5) is 14.6. The van der Waals surface area contributed by atoms with Gasteiger partial charge in [0.15, 0.2) is 0 Å². The van der Waals surface area contributed by atoms with E-state index in [1.165, 1.54) is 4.88 Å². The van der Waals surface area contributed by atoms with E-state index in [9.17, 15) is 0 Å². The first-order valence-electron chi connectivity index (χ1n) is 7.39. The van der Waals surface area contributed by atoms with Crippen LogP contribution in [0, 0.1) is 0 Å². The second kappa shape index (κ2) is 6.47. The van der Waals surface area contributed by atoms with Gasteiger partial charge in [0.1, 0.15) is 5.69 Å². The van der Waals surface area contributed by atoms with E-state index in [0.29, 0.717) is 5.95 Å². The summed E-state index contributed by atoms with van der Waals surface area (Å²) in [6.45, 7) is 1.77. The monoisotopic (exact) mass is 341 g/mol. The summed E-state index contributed by atoms with van der Waals surface area (Å²) in [7, 11) is 0. The SMILES string of the molecule is c1csc(-c2nc(NCCCn3ccnc3)nc3ccsc23)c1. The number of aromatic nitrogens is 4. The molecule has 0 fully saturated rings. The quantitative estimate of drug-likeness (QED) is 0.536. The molecule has 4 aromatic heterocycles. The number of aryl methyl sites for hydroxylation is 1. The largest absolute Gasteiger partial charge is 0.354 e. The standard InChI is InChI=1S/C16H15N5S2/c1-3-13(22-9-1)14-15-12(4-10-23-15)19-16(20-14)18-5-2-7-21-8-6-17-11-21/h1,3-4,6,8-11H,2,5,7H2,(H,18,19,20). The highest BCUT2D eigenvalue weighted by molar-refractivity contribution is 7.18. The van der Waals surface area contributed by atoms with Crippen molar-refractivity contribution in [2.24, 2.45) is 0 Å². The molecule has 4 heterocycles. The molecule has 0 aromatic carbocycles. The first-order valence-corrected chi connectivity index (χ1v) is 9.15. The average Bonchev–Trinajstić information content (AvgIpc) is 3.32. The van der Waals surface area contributed by atoms with Crippen molar-refractivity contribution in [2.45, 2.75) is 13.0 Å². The molecular formula is C16H15N5S2. The Bertz CT molecular complexity index is 881. The molecule has 0 radical (unpaired) electrons. The number of fused-ring (bicyclic) bond motifs is 1. The van der Waals surface area contributed by atoms with Gasteiger partial charge in [0.05, 0.1) is 21.4 Å². The molecule has 0 aliphatic carbocycles. The maximum atomic E-state index is 4.73. The number of nitrogens with one attached hydrogen (secondary N) is 1. The van der Waals surface area contributed by atoms with Gasteiger partial charge in [-0.1, -0.05) is 6.07 Å². The summed E-state index contributed by atoms with van der Waals surface area (Å²) < 4.78 is 3.22. The van der Waals surface area contributed by atoms with E-state index in [2.05, 4.69) is 48.8 Å². The number of imidazole rings is 1. The number of thiophene rings is 2. The number of hydrogen-bond donors (Lipinski definition) is 1. The van der Waals surface area contributed by atoms with Crippen LogP contribution in [0.25, 0.3) is 20.8 Å². The van der Waals surface area contributed by atoms with Crippen molar-refractivity contribution in [3.63, 3.8) is 0 Å². The molecule has 7 heteroatoms. The van der Waals surface area contributed by atoms with Crippen molar-refractivity contribution < 1.29 is 0 Å². The third-order valence-corrected chi connectivity index (χ3v) is 5.28. The zero-order chi connectivity index (χ0) is 15.5. The first-order chi connectivity index (χ1) is 11.4. The lowest BCUT2D eigenvalue weighted by molar-refractivity contribution is 0.659. The topological polar surface area (TPSA) is 55.6 Å². The van der Waals surface area contributed by atoms with Crippen molar-refractivity contribution >= 4 is 38.8 Å². The third kappa shape index (κ3) is 3.11. The van der Waals surface area contributed by atoms with Crippen LogP contribution in [0.3, 0.4) is 0 Å². The van der Waals surface area contributed by atoms with Crippen LogP contribution < -0.4 is 5.32 Å². The van der Waals surface area contributed by atoms with Gasteiger partial charge in [0, 0.05) is 25.5 Å². The molecule has 0 aliphatic rings. The molecule has 0 saturated heterocycles. The Balaban J connectivity index is 1.51. The van der Waals surface area contributed by atoms with E-state index >= 15 is 0 Å². The van der Waals surface area contributed by atoms with Crippen molar-refractivity contribution in [1.82, 2.24) is 19.5 Å². The van der Waals surface area contributed by atoms with E-state index in [-0.39, 0.29) is 0 Å². The van der Waals surface area contributed by atoms with Crippen LogP contribution in [0.4, 0.5) is 5.95 Å². The van der Waals surface area contributed by atoms with Gasteiger partial charge in [-0.2, -0.15) is 0 Å². The molecule has 23 heavy (non-hydrogen) atoms. The van der Waals surface area contributed by atoms with Crippen LogP contribution in [-0.2, 0) is 6.54 Å². The van der Waals surface area contributed by atoms with E-state index in [4.69, 9.17) is 4.98 Å². The van der Waals surface area contributed by atoms with E-state index in [1.54, 1.807) is 28.9 Å². The second-order valence-electron chi connectivity index (χ2n) is 5.09. The Labute approximate surface area is 141 Å². The van der Waals surface area contributed by atoms with Crippen molar-refractivity contribution in [1.29, 1.82) is 0 Å². The summed E-state index contributed by atoms with van der Waals surface area (Å²) in [5, 5.41) is 7.49. The fourth-order valence-electron chi connectivity index (χ4n) is 2.40. The van der Waals surface area contributed by atoms with Crippen molar-refractivity contribution in [3.8, 4) is 10.6 Å². The van der Waals surface area contributed by atoms with Gasteiger partial charge in [0.2, 0.25) is 5.95 Å². The number of nitrogens with zero attached hydrogens (tertiary/aromatic N) is 4. The molecule has 5 nitrogen and oxygen atoms in total. The molecule has 0 atom stereocenters.